The van der Waals surface area contributed by atoms with Crippen molar-refractivity contribution in [3.05, 3.63) is 34.9 Å². The summed E-state index contributed by atoms with van der Waals surface area (Å²) in [6.45, 7) is 9.21. The molecular weight excluding hydrogens is 206 g/mol. The summed E-state index contributed by atoms with van der Waals surface area (Å²) in [5.74, 6) is 1.37. The van der Waals surface area contributed by atoms with Gasteiger partial charge < -0.3 is 5.32 Å². The smallest absolute Gasteiger partial charge is 0.00202 e. The molecule has 1 aromatic carbocycles. The topological polar surface area (TPSA) is 12.0 Å². The summed E-state index contributed by atoms with van der Waals surface area (Å²) in [6, 6.07) is 7.11. The predicted molar refractivity (Wildman–Crippen MR) is 74.8 cm³/mol. The number of piperidine rings is 1. The zero-order valence-corrected chi connectivity index (χ0v) is 11.4. The lowest BCUT2D eigenvalue weighted by atomic mass is 9.83. The van der Waals surface area contributed by atoms with E-state index in [1.165, 1.54) is 24.9 Å². The van der Waals surface area contributed by atoms with Crippen LogP contribution in [0.3, 0.4) is 0 Å². The fourth-order valence-electron chi connectivity index (χ4n) is 2.84. The monoisotopic (exact) mass is 231 g/mol. The fraction of sp³-hybridized carbons (Fsp3) is 0.625. The van der Waals surface area contributed by atoms with E-state index in [1.54, 1.807) is 11.1 Å². The Balaban J connectivity index is 2.33. The summed E-state index contributed by atoms with van der Waals surface area (Å²) in [6.07, 6.45) is 3.81. The summed E-state index contributed by atoms with van der Waals surface area (Å²) in [5, 5.41) is 3.54. The number of hydrogen-bond donors (Lipinski definition) is 1. The third kappa shape index (κ3) is 2.90. The van der Waals surface area contributed by atoms with E-state index in [2.05, 4.69) is 44.3 Å². The van der Waals surface area contributed by atoms with Crippen LogP contribution in [0.5, 0.6) is 0 Å². The first-order valence-electron chi connectivity index (χ1n) is 7.05. The maximum Gasteiger partial charge on any atom is 0.00202 e. The molecule has 17 heavy (non-hydrogen) atoms. The van der Waals surface area contributed by atoms with E-state index in [0.29, 0.717) is 5.92 Å². The molecule has 1 fully saturated rings. The number of hydrogen-bond acceptors (Lipinski definition) is 1. The van der Waals surface area contributed by atoms with Crippen LogP contribution in [-0.4, -0.2) is 13.1 Å². The first kappa shape index (κ1) is 12.6. The van der Waals surface area contributed by atoms with Crippen LogP contribution in [0.2, 0.25) is 0 Å². The Labute approximate surface area is 106 Å². The molecule has 1 saturated heterocycles. The van der Waals surface area contributed by atoms with Crippen molar-refractivity contribution in [1.82, 2.24) is 5.32 Å². The van der Waals surface area contributed by atoms with Crippen LogP contribution in [0.4, 0.5) is 0 Å². The molecule has 2 rings (SSSR count). The maximum atomic E-state index is 3.54. The lowest BCUT2D eigenvalue weighted by Crippen LogP contribution is -2.29. The second-order valence-electron chi connectivity index (χ2n) is 5.51. The number of aryl methyl sites for hydroxylation is 1. The van der Waals surface area contributed by atoms with Crippen molar-refractivity contribution in [2.45, 2.75) is 51.9 Å². The van der Waals surface area contributed by atoms with Crippen LogP contribution in [0.15, 0.2) is 18.2 Å². The molecule has 94 valence electrons. The highest BCUT2D eigenvalue weighted by Gasteiger charge is 2.19. The van der Waals surface area contributed by atoms with Gasteiger partial charge >= 0.3 is 0 Å². The minimum absolute atomic E-state index is 0.637. The van der Waals surface area contributed by atoms with Gasteiger partial charge in [0.1, 0.15) is 0 Å². The molecule has 0 spiro atoms. The van der Waals surface area contributed by atoms with E-state index in [4.69, 9.17) is 0 Å². The highest BCUT2D eigenvalue weighted by molar-refractivity contribution is 5.37. The average molecular weight is 231 g/mol. The predicted octanol–water partition coefficient (Wildman–Crippen LogP) is 3.84. The number of nitrogens with one attached hydrogen (secondary N) is 1. The Morgan fingerprint density at radius 3 is 2.76 bits per heavy atom. The summed E-state index contributed by atoms with van der Waals surface area (Å²) in [7, 11) is 0. The van der Waals surface area contributed by atoms with Crippen molar-refractivity contribution in [2.24, 2.45) is 0 Å². The summed E-state index contributed by atoms with van der Waals surface area (Å²) >= 11 is 0. The number of benzene rings is 1. The molecular formula is C16H25N. The first-order valence-corrected chi connectivity index (χ1v) is 7.05. The van der Waals surface area contributed by atoms with Crippen molar-refractivity contribution in [3.8, 4) is 0 Å². The van der Waals surface area contributed by atoms with Crippen LogP contribution in [0.25, 0.3) is 0 Å². The van der Waals surface area contributed by atoms with E-state index in [9.17, 15) is 0 Å². The van der Waals surface area contributed by atoms with E-state index >= 15 is 0 Å². The number of rotatable bonds is 3. The molecule has 1 heterocycles. The molecule has 0 aromatic heterocycles. The van der Waals surface area contributed by atoms with Gasteiger partial charge in [-0.15, -0.1) is 0 Å². The van der Waals surface area contributed by atoms with Gasteiger partial charge in [0.15, 0.2) is 0 Å². The third-order valence-electron chi connectivity index (χ3n) is 3.92. The third-order valence-corrected chi connectivity index (χ3v) is 3.92. The molecule has 1 aliphatic rings. The molecule has 0 saturated carbocycles. The summed E-state index contributed by atoms with van der Waals surface area (Å²) < 4.78 is 0. The first-order chi connectivity index (χ1) is 8.22. The standard InChI is InChI=1S/C16H25N/c1-4-13-7-8-15(12(2)3)16(10-13)14-6-5-9-17-11-14/h7-8,10,12,14,17H,4-6,9,11H2,1-3H3. The molecule has 0 radical (unpaired) electrons. The van der Waals surface area contributed by atoms with Crippen LogP contribution in [0, 0.1) is 0 Å². The molecule has 1 atom stereocenters. The van der Waals surface area contributed by atoms with E-state index in [0.717, 1.165) is 18.9 Å². The molecule has 1 nitrogen and oxygen atoms in total. The van der Waals surface area contributed by atoms with Gasteiger partial charge in [-0.2, -0.15) is 0 Å². The Hall–Kier alpha value is -0.820. The maximum absolute atomic E-state index is 3.54. The molecule has 0 amide bonds. The normalized spacial score (nSPS) is 20.8. The Bertz CT molecular complexity index is 362. The van der Waals surface area contributed by atoms with Crippen LogP contribution >= 0.6 is 0 Å². The van der Waals surface area contributed by atoms with Crippen molar-refractivity contribution < 1.29 is 0 Å². The zero-order valence-electron chi connectivity index (χ0n) is 11.4. The van der Waals surface area contributed by atoms with Gasteiger partial charge in [0.05, 0.1) is 0 Å². The van der Waals surface area contributed by atoms with Crippen LogP contribution in [-0.2, 0) is 6.42 Å². The molecule has 1 unspecified atom stereocenters. The van der Waals surface area contributed by atoms with Crippen molar-refractivity contribution >= 4 is 0 Å². The van der Waals surface area contributed by atoms with Crippen LogP contribution in [0.1, 0.15) is 62.1 Å². The Morgan fingerprint density at radius 1 is 1.35 bits per heavy atom. The minimum atomic E-state index is 0.637. The van der Waals surface area contributed by atoms with E-state index in [1.807, 2.05) is 0 Å². The van der Waals surface area contributed by atoms with Gasteiger partial charge in [-0.1, -0.05) is 39.0 Å². The molecule has 1 heteroatoms. The second-order valence-corrected chi connectivity index (χ2v) is 5.51. The van der Waals surface area contributed by atoms with Crippen molar-refractivity contribution in [3.63, 3.8) is 0 Å². The summed E-state index contributed by atoms with van der Waals surface area (Å²) in [4.78, 5) is 0. The molecule has 1 aliphatic heterocycles. The summed E-state index contributed by atoms with van der Waals surface area (Å²) in [5.41, 5.74) is 4.64. The van der Waals surface area contributed by atoms with Crippen molar-refractivity contribution in [1.29, 1.82) is 0 Å². The average Bonchev–Trinajstić information content (AvgIpc) is 2.39. The molecule has 1 N–H and O–H groups in total. The van der Waals surface area contributed by atoms with Gasteiger partial charge in [-0.25, -0.2) is 0 Å². The Morgan fingerprint density at radius 2 is 2.18 bits per heavy atom. The van der Waals surface area contributed by atoms with Crippen LogP contribution < -0.4 is 5.32 Å². The fourth-order valence-corrected chi connectivity index (χ4v) is 2.84. The SMILES string of the molecule is CCc1ccc(C(C)C)c(C2CCCNC2)c1. The lowest BCUT2D eigenvalue weighted by molar-refractivity contribution is 0.458. The highest BCUT2D eigenvalue weighted by Crippen LogP contribution is 2.31. The van der Waals surface area contributed by atoms with E-state index < -0.39 is 0 Å². The van der Waals surface area contributed by atoms with Gasteiger partial charge in [0, 0.05) is 6.54 Å². The molecule has 0 aliphatic carbocycles. The van der Waals surface area contributed by atoms with Gasteiger partial charge in [-0.05, 0) is 54.3 Å². The molecule has 1 aromatic rings. The quantitative estimate of drug-likeness (QED) is 0.833. The van der Waals surface area contributed by atoms with Gasteiger partial charge in [-0.3, -0.25) is 0 Å². The van der Waals surface area contributed by atoms with Crippen molar-refractivity contribution in [2.75, 3.05) is 13.1 Å². The highest BCUT2D eigenvalue weighted by atomic mass is 14.9. The van der Waals surface area contributed by atoms with Gasteiger partial charge in [0.2, 0.25) is 0 Å². The largest absolute Gasteiger partial charge is 0.316 e. The zero-order chi connectivity index (χ0) is 12.3. The second kappa shape index (κ2) is 5.68. The Kier molecular flexibility index (Phi) is 4.22. The minimum Gasteiger partial charge on any atom is -0.316 e. The van der Waals surface area contributed by atoms with Gasteiger partial charge in [0.25, 0.3) is 0 Å². The van der Waals surface area contributed by atoms with E-state index in [-0.39, 0.29) is 0 Å². The lowest BCUT2D eigenvalue weighted by Gasteiger charge is -2.27. The molecule has 0 bridgehead atoms.